The van der Waals surface area contributed by atoms with Gasteiger partial charge >= 0.3 is 0 Å². The van der Waals surface area contributed by atoms with Crippen molar-refractivity contribution in [2.24, 2.45) is 0 Å². The normalized spacial score (nSPS) is 21.9. The summed E-state index contributed by atoms with van der Waals surface area (Å²) in [6.07, 6.45) is 6.89. The summed E-state index contributed by atoms with van der Waals surface area (Å²) in [4.78, 5) is 20.3. The first-order valence-corrected chi connectivity index (χ1v) is 8.89. The summed E-state index contributed by atoms with van der Waals surface area (Å²) in [6.45, 7) is 3.79. The van der Waals surface area contributed by atoms with Gasteiger partial charge in [-0.1, -0.05) is 0 Å². The second-order valence-electron chi connectivity index (χ2n) is 6.06. The van der Waals surface area contributed by atoms with E-state index in [4.69, 9.17) is 4.98 Å². The minimum Gasteiger partial charge on any atom is -0.307 e. The van der Waals surface area contributed by atoms with Crippen LogP contribution in [0.3, 0.4) is 0 Å². The second-order valence-corrected chi connectivity index (χ2v) is 7.14. The number of rotatable bonds is 2. The third-order valence-electron chi connectivity index (χ3n) is 4.79. The summed E-state index contributed by atoms with van der Waals surface area (Å²) >= 11 is 1.75. The Bertz CT molecular complexity index is 740. The van der Waals surface area contributed by atoms with Crippen molar-refractivity contribution in [3.05, 3.63) is 26.6 Å². The van der Waals surface area contributed by atoms with Crippen LogP contribution in [0.5, 0.6) is 0 Å². The molecule has 1 N–H and O–H groups in total. The van der Waals surface area contributed by atoms with Crippen LogP contribution < -0.4 is 10.9 Å². The molecule has 1 atom stereocenters. The summed E-state index contributed by atoms with van der Waals surface area (Å²) in [6, 6.07) is 0.251. The largest absolute Gasteiger partial charge is 0.307 e. The number of aryl methyl sites for hydroxylation is 2. The molecule has 0 saturated carbocycles. The van der Waals surface area contributed by atoms with E-state index in [2.05, 4.69) is 5.32 Å². The first kappa shape index (κ1) is 13.5. The quantitative estimate of drug-likeness (QED) is 0.928. The highest BCUT2D eigenvalue weighted by Gasteiger charge is 2.26. The molecule has 0 aromatic carbocycles. The number of hydrogen-bond acceptors (Lipinski definition) is 4. The molecule has 4 rings (SSSR count). The van der Waals surface area contributed by atoms with E-state index in [0.29, 0.717) is 6.54 Å². The molecule has 1 unspecified atom stereocenters. The highest BCUT2D eigenvalue weighted by molar-refractivity contribution is 7.18. The zero-order valence-corrected chi connectivity index (χ0v) is 13.3. The van der Waals surface area contributed by atoms with Gasteiger partial charge in [-0.3, -0.25) is 9.36 Å². The number of nitrogens with zero attached hydrogens (tertiary/aromatic N) is 2. The van der Waals surface area contributed by atoms with Gasteiger partial charge in [0.1, 0.15) is 10.7 Å². The molecule has 4 nitrogen and oxygen atoms in total. The fourth-order valence-electron chi connectivity index (χ4n) is 3.73. The predicted octanol–water partition coefficient (Wildman–Crippen LogP) is 2.78. The molecule has 0 amide bonds. The van der Waals surface area contributed by atoms with Crippen molar-refractivity contribution < 1.29 is 0 Å². The van der Waals surface area contributed by atoms with Gasteiger partial charge in [-0.15, -0.1) is 11.3 Å². The van der Waals surface area contributed by atoms with Crippen molar-refractivity contribution in [2.75, 3.05) is 6.54 Å². The van der Waals surface area contributed by atoms with Crippen molar-refractivity contribution in [3.63, 3.8) is 0 Å². The average Bonchev–Trinajstić information content (AvgIpc) is 3.14. The van der Waals surface area contributed by atoms with Crippen LogP contribution in [0.25, 0.3) is 10.2 Å². The van der Waals surface area contributed by atoms with Crippen LogP contribution >= 0.6 is 11.3 Å². The Morgan fingerprint density at radius 3 is 2.95 bits per heavy atom. The van der Waals surface area contributed by atoms with Crippen molar-refractivity contribution in [1.82, 2.24) is 14.9 Å². The Kier molecular flexibility index (Phi) is 3.34. The van der Waals surface area contributed by atoms with Crippen molar-refractivity contribution in [2.45, 2.75) is 58.0 Å². The molecule has 21 heavy (non-hydrogen) atoms. The molecule has 0 bridgehead atoms. The second kappa shape index (κ2) is 5.21. The van der Waals surface area contributed by atoms with Crippen molar-refractivity contribution in [3.8, 4) is 0 Å². The fourth-order valence-corrected chi connectivity index (χ4v) is 4.99. The van der Waals surface area contributed by atoms with E-state index in [-0.39, 0.29) is 11.6 Å². The highest BCUT2D eigenvalue weighted by atomic mass is 32.1. The molecule has 2 aromatic heterocycles. The minimum atomic E-state index is 0.186. The summed E-state index contributed by atoms with van der Waals surface area (Å²) < 4.78 is 1.90. The summed E-state index contributed by atoms with van der Waals surface area (Å²) in [5.41, 5.74) is 1.48. The maximum Gasteiger partial charge on any atom is 0.262 e. The molecule has 2 aromatic rings. The van der Waals surface area contributed by atoms with Crippen LogP contribution in [-0.4, -0.2) is 16.1 Å². The van der Waals surface area contributed by atoms with E-state index < -0.39 is 0 Å². The number of thiophene rings is 1. The van der Waals surface area contributed by atoms with E-state index in [1.165, 1.54) is 29.7 Å². The standard InChI is InChI=1S/C16H21N3OS/c1-2-19-14(11-7-5-9-17-11)18-15-13(16(19)20)10-6-3-4-8-12(10)21-15/h11,17H,2-9H2,1H3. The molecule has 3 heterocycles. The molecular weight excluding hydrogens is 282 g/mol. The number of nitrogens with one attached hydrogen (secondary N) is 1. The van der Waals surface area contributed by atoms with Crippen molar-refractivity contribution in [1.29, 1.82) is 0 Å². The third kappa shape index (κ3) is 2.06. The minimum absolute atomic E-state index is 0.186. The Morgan fingerprint density at radius 1 is 1.33 bits per heavy atom. The molecular formula is C16H21N3OS. The van der Waals surface area contributed by atoms with E-state index in [0.717, 1.165) is 41.8 Å². The summed E-state index contributed by atoms with van der Waals surface area (Å²) in [5.74, 6) is 0.950. The third-order valence-corrected chi connectivity index (χ3v) is 5.98. The number of aromatic nitrogens is 2. The molecule has 1 aliphatic heterocycles. The molecule has 2 aliphatic rings. The van der Waals surface area contributed by atoms with Crippen LogP contribution in [0.15, 0.2) is 4.79 Å². The maximum absolute atomic E-state index is 13.0. The van der Waals surface area contributed by atoms with Crippen molar-refractivity contribution >= 4 is 21.6 Å². The predicted molar refractivity (Wildman–Crippen MR) is 86.2 cm³/mol. The Morgan fingerprint density at radius 2 is 2.19 bits per heavy atom. The molecule has 1 aliphatic carbocycles. The topological polar surface area (TPSA) is 46.9 Å². The monoisotopic (exact) mass is 303 g/mol. The zero-order chi connectivity index (χ0) is 14.4. The van der Waals surface area contributed by atoms with Gasteiger partial charge in [0.25, 0.3) is 5.56 Å². The summed E-state index contributed by atoms with van der Waals surface area (Å²) in [7, 11) is 0. The van der Waals surface area contributed by atoms with Gasteiger partial charge in [0.15, 0.2) is 0 Å². The Balaban J connectivity index is 1.97. The van der Waals surface area contributed by atoms with Gasteiger partial charge in [0, 0.05) is 11.4 Å². The van der Waals surface area contributed by atoms with E-state index in [1.807, 2.05) is 11.5 Å². The maximum atomic E-state index is 13.0. The lowest BCUT2D eigenvalue weighted by Crippen LogP contribution is -2.29. The van der Waals surface area contributed by atoms with Crippen LogP contribution in [-0.2, 0) is 19.4 Å². The number of fused-ring (bicyclic) bond motifs is 3. The van der Waals surface area contributed by atoms with Gasteiger partial charge in [-0.2, -0.15) is 0 Å². The van der Waals surface area contributed by atoms with Gasteiger partial charge in [0.05, 0.1) is 11.4 Å². The smallest absolute Gasteiger partial charge is 0.262 e. The SMILES string of the molecule is CCn1c(C2CCCN2)nc2sc3c(c2c1=O)CCCC3. The van der Waals surface area contributed by atoms with Gasteiger partial charge in [-0.05, 0) is 57.6 Å². The first-order valence-electron chi connectivity index (χ1n) is 8.08. The van der Waals surface area contributed by atoms with Crippen LogP contribution in [0, 0.1) is 0 Å². The van der Waals surface area contributed by atoms with Gasteiger partial charge < -0.3 is 5.32 Å². The first-order chi connectivity index (χ1) is 10.3. The van der Waals surface area contributed by atoms with E-state index in [1.54, 1.807) is 11.3 Å². The average molecular weight is 303 g/mol. The molecule has 0 radical (unpaired) electrons. The van der Waals surface area contributed by atoms with Gasteiger partial charge in [0.2, 0.25) is 0 Å². The Hall–Kier alpha value is -1.20. The van der Waals surface area contributed by atoms with Crippen LogP contribution in [0.4, 0.5) is 0 Å². The molecule has 1 saturated heterocycles. The van der Waals surface area contributed by atoms with Crippen LogP contribution in [0.2, 0.25) is 0 Å². The van der Waals surface area contributed by atoms with E-state index >= 15 is 0 Å². The molecule has 1 fully saturated rings. The fraction of sp³-hybridized carbons (Fsp3) is 0.625. The Labute approximate surface area is 128 Å². The number of hydrogen-bond donors (Lipinski definition) is 1. The lowest BCUT2D eigenvalue weighted by molar-refractivity contribution is 0.540. The van der Waals surface area contributed by atoms with Gasteiger partial charge in [-0.25, -0.2) is 4.98 Å². The van der Waals surface area contributed by atoms with Crippen LogP contribution in [0.1, 0.15) is 54.9 Å². The molecule has 0 spiro atoms. The molecule has 5 heteroatoms. The molecule has 112 valence electrons. The summed E-state index contributed by atoms with van der Waals surface area (Å²) in [5, 5.41) is 4.40. The zero-order valence-electron chi connectivity index (χ0n) is 12.4. The lowest BCUT2D eigenvalue weighted by Gasteiger charge is -2.16. The highest BCUT2D eigenvalue weighted by Crippen LogP contribution is 2.34. The lowest BCUT2D eigenvalue weighted by atomic mass is 9.97. The van der Waals surface area contributed by atoms with E-state index in [9.17, 15) is 4.79 Å².